The molecular weight excluding hydrogens is 300 g/mol. The molecule has 1 aliphatic rings. The monoisotopic (exact) mass is 322 g/mol. The lowest BCUT2D eigenvalue weighted by Gasteiger charge is -2.08. The van der Waals surface area contributed by atoms with E-state index in [-0.39, 0.29) is 0 Å². The van der Waals surface area contributed by atoms with Crippen LogP contribution in [-0.2, 0) is 28.9 Å². The van der Waals surface area contributed by atoms with Crippen LogP contribution < -0.4 is 10.6 Å². The first-order chi connectivity index (χ1) is 11.6. The summed E-state index contributed by atoms with van der Waals surface area (Å²) in [5.74, 6) is -1.21. The Morgan fingerprint density at radius 2 is 1.83 bits per heavy atom. The summed E-state index contributed by atoms with van der Waals surface area (Å²) in [4.78, 5) is 23.9. The van der Waals surface area contributed by atoms with E-state index in [1.165, 1.54) is 16.7 Å². The Morgan fingerprint density at radius 1 is 1.00 bits per heavy atom. The molecule has 2 aromatic rings. The van der Waals surface area contributed by atoms with E-state index in [2.05, 4.69) is 16.7 Å². The highest BCUT2D eigenvalue weighted by molar-refractivity contribution is 6.39. The molecule has 2 N–H and O–H groups in total. The van der Waals surface area contributed by atoms with Crippen LogP contribution in [0.1, 0.15) is 28.7 Å². The number of aryl methyl sites for hydroxylation is 3. The van der Waals surface area contributed by atoms with E-state index in [1.807, 2.05) is 43.3 Å². The predicted octanol–water partition coefficient (Wildman–Crippen LogP) is 2.78. The number of carbonyl (C=O) groups is 2. The summed E-state index contributed by atoms with van der Waals surface area (Å²) < 4.78 is 0. The average Bonchev–Trinajstić information content (AvgIpc) is 3.02. The number of hydrogen-bond donors (Lipinski definition) is 2. The molecule has 4 heteroatoms. The minimum absolute atomic E-state index is 0.444. The third-order valence-electron chi connectivity index (χ3n) is 4.34. The van der Waals surface area contributed by atoms with Crippen LogP contribution >= 0.6 is 0 Å². The van der Waals surface area contributed by atoms with Crippen molar-refractivity contribution in [1.29, 1.82) is 0 Å². The van der Waals surface area contributed by atoms with Crippen molar-refractivity contribution in [2.24, 2.45) is 0 Å². The van der Waals surface area contributed by atoms with E-state index in [1.54, 1.807) is 0 Å². The highest BCUT2D eigenvalue weighted by Crippen LogP contribution is 2.24. The Hall–Kier alpha value is -2.62. The predicted molar refractivity (Wildman–Crippen MR) is 95.0 cm³/mol. The largest absolute Gasteiger partial charge is 0.347 e. The van der Waals surface area contributed by atoms with Gasteiger partial charge >= 0.3 is 11.8 Å². The Kier molecular flexibility index (Phi) is 4.94. The second-order valence-corrected chi connectivity index (χ2v) is 6.29. The van der Waals surface area contributed by atoms with Crippen LogP contribution in [0.4, 0.5) is 5.69 Å². The number of fused-ring (bicyclic) bond motifs is 1. The Balaban J connectivity index is 1.49. The van der Waals surface area contributed by atoms with Crippen LogP contribution in [0.5, 0.6) is 0 Å². The third-order valence-corrected chi connectivity index (χ3v) is 4.34. The molecule has 3 rings (SSSR count). The molecule has 0 fully saturated rings. The van der Waals surface area contributed by atoms with Crippen molar-refractivity contribution in [3.63, 3.8) is 0 Å². The van der Waals surface area contributed by atoms with Crippen LogP contribution in [0.25, 0.3) is 0 Å². The topological polar surface area (TPSA) is 58.2 Å². The molecule has 124 valence electrons. The van der Waals surface area contributed by atoms with Gasteiger partial charge in [-0.05, 0) is 61.4 Å². The van der Waals surface area contributed by atoms with Gasteiger partial charge in [-0.1, -0.05) is 35.9 Å². The summed E-state index contributed by atoms with van der Waals surface area (Å²) in [5, 5.41) is 5.35. The lowest BCUT2D eigenvalue weighted by Crippen LogP contribution is -2.36. The van der Waals surface area contributed by atoms with Crippen LogP contribution in [0, 0.1) is 6.92 Å². The molecule has 0 aromatic heterocycles. The SMILES string of the molecule is Cc1cccc(CCNC(=O)C(=O)Nc2ccc3c(c2)CCC3)c1. The second kappa shape index (κ2) is 7.30. The standard InChI is InChI=1S/C20H22N2O2/c1-14-4-2-5-15(12-14)10-11-21-19(23)20(24)22-18-9-8-16-6-3-7-17(16)13-18/h2,4-5,8-9,12-13H,3,6-7,10-11H2,1H3,(H,21,23)(H,22,24). The van der Waals surface area contributed by atoms with Gasteiger partial charge in [0.15, 0.2) is 0 Å². The van der Waals surface area contributed by atoms with E-state index in [0.717, 1.165) is 24.8 Å². The van der Waals surface area contributed by atoms with Crippen molar-refractivity contribution in [3.8, 4) is 0 Å². The van der Waals surface area contributed by atoms with E-state index in [9.17, 15) is 9.59 Å². The Bertz CT molecular complexity index is 768. The molecule has 0 bridgehead atoms. The number of rotatable bonds is 4. The minimum atomic E-state index is -0.614. The maximum atomic E-state index is 12.0. The first kappa shape index (κ1) is 16.2. The van der Waals surface area contributed by atoms with Crippen LogP contribution in [-0.4, -0.2) is 18.4 Å². The second-order valence-electron chi connectivity index (χ2n) is 6.29. The van der Waals surface area contributed by atoms with Gasteiger partial charge in [0.2, 0.25) is 0 Å². The number of nitrogens with one attached hydrogen (secondary N) is 2. The molecule has 0 aliphatic heterocycles. The molecule has 0 heterocycles. The van der Waals surface area contributed by atoms with Crippen molar-refractivity contribution in [3.05, 3.63) is 64.7 Å². The van der Waals surface area contributed by atoms with Gasteiger partial charge in [0.25, 0.3) is 0 Å². The van der Waals surface area contributed by atoms with Crippen LogP contribution in [0.2, 0.25) is 0 Å². The fraction of sp³-hybridized carbons (Fsp3) is 0.300. The fourth-order valence-corrected chi connectivity index (χ4v) is 3.11. The van der Waals surface area contributed by atoms with Gasteiger partial charge in [-0.3, -0.25) is 9.59 Å². The zero-order valence-electron chi connectivity index (χ0n) is 13.9. The van der Waals surface area contributed by atoms with Crippen molar-refractivity contribution in [1.82, 2.24) is 5.32 Å². The van der Waals surface area contributed by atoms with Gasteiger partial charge in [0.05, 0.1) is 0 Å². The summed E-state index contributed by atoms with van der Waals surface area (Å²) >= 11 is 0. The lowest BCUT2D eigenvalue weighted by atomic mass is 10.1. The summed E-state index contributed by atoms with van der Waals surface area (Å²) in [5.41, 5.74) is 5.64. The first-order valence-corrected chi connectivity index (χ1v) is 8.38. The van der Waals surface area contributed by atoms with Crippen molar-refractivity contribution < 1.29 is 9.59 Å². The van der Waals surface area contributed by atoms with Gasteiger partial charge in [-0.2, -0.15) is 0 Å². The molecule has 0 saturated heterocycles. The maximum absolute atomic E-state index is 12.0. The molecule has 1 aliphatic carbocycles. The zero-order valence-corrected chi connectivity index (χ0v) is 13.9. The molecule has 0 spiro atoms. The lowest BCUT2D eigenvalue weighted by molar-refractivity contribution is -0.136. The fourth-order valence-electron chi connectivity index (χ4n) is 3.11. The van der Waals surface area contributed by atoms with Crippen molar-refractivity contribution in [2.45, 2.75) is 32.6 Å². The smallest absolute Gasteiger partial charge is 0.313 e. The number of amides is 2. The molecule has 0 unspecified atom stereocenters. The first-order valence-electron chi connectivity index (χ1n) is 8.38. The molecule has 24 heavy (non-hydrogen) atoms. The van der Waals surface area contributed by atoms with Crippen LogP contribution in [0.15, 0.2) is 42.5 Å². The summed E-state index contributed by atoms with van der Waals surface area (Å²) in [7, 11) is 0. The minimum Gasteiger partial charge on any atom is -0.347 e. The molecular formula is C20H22N2O2. The summed E-state index contributed by atoms with van der Waals surface area (Å²) in [6.45, 7) is 2.48. The molecule has 0 radical (unpaired) electrons. The van der Waals surface area contributed by atoms with E-state index >= 15 is 0 Å². The number of benzene rings is 2. The van der Waals surface area contributed by atoms with E-state index in [4.69, 9.17) is 0 Å². The molecule has 2 aromatic carbocycles. The average molecular weight is 322 g/mol. The quantitative estimate of drug-likeness (QED) is 0.851. The van der Waals surface area contributed by atoms with E-state index in [0.29, 0.717) is 18.7 Å². The van der Waals surface area contributed by atoms with Gasteiger partial charge < -0.3 is 10.6 Å². The highest BCUT2D eigenvalue weighted by Gasteiger charge is 2.15. The summed E-state index contributed by atoms with van der Waals surface area (Å²) in [6, 6.07) is 14.0. The van der Waals surface area contributed by atoms with E-state index < -0.39 is 11.8 Å². The number of hydrogen-bond acceptors (Lipinski definition) is 2. The van der Waals surface area contributed by atoms with Crippen molar-refractivity contribution in [2.75, 3.05) is 11.9 Å². The molecule has 0 atom stereocenters. The van der Waals surface area contributed by atoms with Gasteiger partial charge in [0.1, 0.15) is 0 Å². The molecule has 0 saturated carbocycles. The Labute approximate surface area is 142 Å². The number of carbonyl (C=O) groups excluding carboxylic acids is 2. The Morgan fingerprint density at radius 3 is 2.67 bits per heavy atom. The maximum Gasteiger partial charge on any atom is 0.313 e. The zero-order chi connectivity index (χ0) is 16.9. The summed E-state index contributed by atoms with van der Waals surface area (Å²) in [6.07, 6.45) is 4.01. The highest BCUT2D eigenvalue weighted by atomic mass is 16.2. The van der Waals surface area contributed by atoms with Gasteiger partial charge in [-0.15, -0.1) is 0 Å². The normalized spacial score (nSPS) is 12.5. The van der Waals surface area contributed by atoms with Crippen LogP contribution in [0.3, 0.4) is 0 Å². The van der Waals surface area contributed by atoms with Gasteiger partial charge in [0, 0.05) is 12.2 Å². The van der Waals surface area contributed by atoms with Crippen molar-refractivity contribution >= 4 is 17.5 Å². The molecule has 4 nitrogen and oxygen atoms in total. The number of anilines is 1. The molecule has 2 amide bonds. The van der Waals surface area contributed by atoms with Gasteiger partial charge in [-0.25, -0.2) is 0 Å². The third kappa shape index (κ3) is 4.02.